The number of aryl methyl sites for hydroxylation is 1. The lowest BCUT2D eigenvalue weighted by Crippen LogP contribution is -2.36. The molecule has 19 heavy (non-hydrogen) atoms. The van der Waals surface area contributed by atoms with Crippen molar-refractivity contribution in [1.29, 1.82) is 0 Å². The van der Waals surface area contributed by atoms with Crippen LogP contribution in [0.1, 0.15) is 18.1 Å². The predicted molar refractivity (Wildman–Crippen MR) is 79.9 cm³/mol. The van der Waals surface area contributed by atoms with Crippen molar-refractivity contribution < 1.29 is 4.74 Å². The maximum atomic E-state index is 6.02. The molecule has 2 unspecified atom stereocenters. The van der Waals surface area contributed by atoms with Gasteiger partial charge >= 0.3 is 0 Å². The van der Waals surface area contributed by atoms with E-state index in [0.717, 1.165) is 31.8 Å². The van der Waals surface area contributed by atoms with Crippen LogP contribution < -0.4 is 10.1 Å². The standard InChI is InChI=1S/C16H26N2O/c1-12-5-6-16-14(7-12)8-15(19-16)11-18(4)10-13(2)9-17-3/h5-7,13,15,17H,8-11H2,1-4H3. The van der Waals surface area contributed by atoms with E-state index < -0.39 is 0 Å². The molecule has 1 aromatic carbocycles. The molecule has 2 atom stereocenters. The van der Waals surface area contributed by atoms with Gasteiger partial charge in [0.25, 0.3) is 0 Å². The summed E-state index contributed by atoms with van der Waals surface area (Å²) in [5.41, 5.74) is 2.68. The molecule has 0 saturated carbocycles. The summed E-state index contributed by atoms with van der Waals surface area (Å²) in [6.45, 7) is 7.59. The Kier molecular flexibility index (Phi) is 4.83. The Morgan fingerprint density at radius 3 is 3.00 bits per heavy atom. The molecule has 1 aliphatic rings. The third kappa shape index (κ3) is 3.95. The van der Waals surface area contributed by atoms with Crippen LogP contribution in [0, 0.1) is 12.8 Å². The van der Waals surface area contributed by atoms with Gasteiger partial charge in [0.1, 0.15) is 11.9 Å². The molecule has 0 saturated heterocycles. The maximum Gasteiger partial charge on any atom is 0.123 e. The fourth-order valence-corrected chi connectivity index (χ4v) is 2.92. The zero-order valence-electron chi connectivity index (χ0n) is 12.6. The first-order valence-corrected chi connectivity index (χ1v) is 7.17. The zero-order valence-corrected chi connectivity index (χ0v) is 12.6. The van der Waals surface area contributed by atoms with Crippen LogP contribution in [0.5, 0.6) is 5.75 Å². The molecule has 0 aromatic heterocycles. The number of nitrogens with zero attached hydrogens (tertiary/aromatic N) is 1. The van der Waals surface area contributed by atoms with E-state index >= 15 is 0 Å². The monoisotopic (exact) mass is 262 g/mol. The van der Waals surface area contributed by atoms with Crippen molar-refractivity contribution in [3.8, 4) is 5.75 Å². The number of nitrogens with one attached hydrogen (secondary N) is 1. The highest BCUT2D eigenvalue weighted by Crippen LogP contribution is 2.29. The van der Waals surface area contributed by atoms with Crippen LogP contribution in [-0.2, 0) is 6.42 Å². The Bertz CT molecular complexity index is 419. The highest BCUT2D eigenvalue weighted by molar-refractivity contribution is 5.40. The predicted octanol–water partition coefficient (Wildman–Crippen LogP) is 2.09. The molecule has 1 aliphatic heterocycles. The third-order valence-electron chi connectivity index (χ3n) is 3.65. The molecule has 0 spiro atoms. The summed E-state index contributed by atoms with van der Waals surface area (Å²) in [5.74, 6) is 1.74. The Balaban J connectivity index is 1.83. The summed E-state index contributed by atoms with van der Waals surface area (Å²) in [6, 6.07) is 6.48. The van der Waals surface area contributed by atoms with Crippen molar-refractivity contribution in [3.63, 3.8) is 0 Å². The highest BCUT2D eigenvalue weighted by atomic mass is 16.5. The molecule has 0 fully saturated rings. The molecular weight excluding hydrogens is 236 g/mol. The first-order chi connectivity index (χ1) is 9.08. The molecule has 0 bridgehead atoms. The van der Waals surface area contributed by atoms with Gasteiger partial charge in [0.05, 0.1) is 0 Å². The van der Waals surface area contributed by atoms with Gasteiger partial charge in [0.15, 0.2) is 0 Å². The van der Waals surface area contributed by atoms with Gasteiger partial charge in [-0.25, -0.2) is 0 Å². The molecule has 106 valence electrons. The fourth-order valence-electron chi connectivity index (χ4n) is 2.92. The lowest BCUT2D eigenvalue weighted by molar-refractivity contribution is 0.158. The number of hydrogen-bond acceptors (Lipinski definition) is 3. The largest absolute Gasteiger partial charge is 0.488 e. The molecule has 0 radical (unpaired) electrons. The van der Waals surface area contributed by atoms with Crippen molar-refractivity contribution in [2.75, 3.05) is 33.7 Å². The smallest absolute Gasteiger partial charge is 0.123 e. The topological polar surface area (TPSA) is 24.5 Å². The molecule has 3 nitrogen and oxygen atoms in total. The molecule has 0 aliphatic carbocycles. The first kappa shape index (κ1) is 14.4. The molecule has 1 heterocycles. The average Bonchev–Trinajstić information content (AvgIpc) is 2.70. The van der Waals surface area contributed by atoms with E-state index in [0.29, 0.717) is 12.0 Å². The second kappa shape index (κ2) is 6.40. The maximum absolute atomic E-state index is 6.02. The van der Waals surface area contributed by atoms with Crippen LogP contribution in [0.15, 0.2) is 18.2 Å². The molecule has 0 amide bonds. The Labute approximate surface area is 116 Å². The van der Waals surface area contributed by atoms with E-state index in [1.807, 2.05) is 7.05 Å². The lowest BCUT2D eigenvalue weighted by atomic mass is 10.1. The van der Waals surface area contributed by atoms with E-state index in [1.165, 1.54) is 11.1 Å². The van der Waals surface area contributed by atoms with Crippen molar-refractivity contribution >= 4 is 0 Å². The van der Waals surface area contributed by atoms with Gasteiger partial charge in [-0.2, -0.15) is 0 Å². The van der Waals surface area contributed by atoms with Crippen LogP contribution in [0.4, 0.5) is 0 Å². The second-order valence-electron chi connectivity index (χ2n) is 5.94. The van der Waals surface area contributed by atoms with Crippen molar-refractivity contribution in [2.24, 2.45) is 5.92 Å². The van der Waals surface area contributed by atoms with Gasteiger partial charge in [-0.05, 0) is 45.1 Å². The van der Waals surface area contributed by atoms with Crippen molar-refractivity contribution in [2.45, 2.75) is 26.4 Å². The van der Waals surface area contributed by atoms with Crippen LogP contribution in [-0.4, -0.2) is 44.7 Å². The minimum atomic E-state index is 0.309. The average molecular weight is 262 g/mol. The molecular formula is C16H26N2O. The number of benzene rings is 1. The summed E-state index contributed by atoms with van der Waals surface area (Å²) in [4.78, 5) is 2.38. The number of rotatable bonds is 6. The van der Waals surface area contributed by atoms with Crippen LogP contribution in [0.3, 0.4) is 0 Å². The van der Waals surface area contributed by atoms with Gasteiger partial charge in [0, 0.05) is 19.5 Å². The quantitative estimate of drug-likeness (QED) is 0.849. The van der Waals surface area contributed by atoms with E-state index in [2.05, 4.69) is 49.3 Å². The van der Waals surface area contributed by atoms with Gasteiger partial charge in [-0.1, -0.05) is 24.6 Å². The van der Waals surface area contributed by atoms with E-state index in [-0.39, 0.29) is 0 Å². The summed E-state index contributed by atoms with van der Waals surface area (Å²) in [5, 5.41) is 3.23. The van der Waals surface area contributed by atoms with Gasteiger partial charge < -0.3 is 15.0 Å². The molecule has 1 N–H and O–H groups in total. The van der Waals surface area contributed by atoms with E-state index in [1.54, 1.807) is 0 Å². The summed E-state index contributed by atoms with van der Waals surface area (Å²) in [6.07, 6.45) is 1.35. The molecule has 3 heteroatoms. The van der Waals surface area contributed by atoms with Crippen molar-refractivity contribution in [1.82, 2.24) is 10.2 Å². The van der Waals surface area contributed by atoms with Crippen LogP contribution in [0.25, 0.3) is 0 Å². The van der Waals surface area contributed by atoms with Gasteiger partial charge in [-0.15, -0.1) is 0 Å². The third-order valence-corrected chi connectivity index (χ3v) is 3.65. The summed E-state index contributed by atoms with van der Waals surface area (Å²) >= 11 is 0. The van der Waals surface area contributed by atoms with Crippen LogP contribution in [0.2, 0.25) is 0 Å². The summed E-state index contributed by atoms with van der Waals surface area (Å²) < 4.78 is 6.02. The number of fused-ring (bicyclic) bond motifs is 1. The minimum absolute atomic E-state index is 0.309. The molecule has 2 rings (SSSR count). The molecule has 1 aromatic rings. The van der Waals surface area contributed by atoms with Crippen LogP contribution >= 0.6 is 0 Å². The lowest BCUT2D eigenvalue weighted by Gasteiger charge is -2.23. The number of ether oxygens (including phenoxy) is 1. The fraction of sp³-hybridized carbons (Fsp3) is 0.625. The second-order valence-corrected chi connectivity index (χ2v) is 5.94. The highest BCUT2D eigenvalue weighted by Gasteiger charge is 2.24. The minimum Gasteiger partial charge on any atom is -0.488 e. The Morgan fingerprint density at radius 1 is 1.47 bits per heavy atom. The zero-order chi connectivity index (χ0) is 13.8. The Hall–Kier alpha value is -1.06. The number of likely N-dealkylation sites (N-methyl/N-ethyl adjacent to an activating group) is 1. The van der Waals surface area contributed by atoms with Gasteiger partial charge in [0.2, 0.25) is 0 Å². The van der Waals surface area contributed by atoms with Crippen molar-refractivity contribution in [3.05, 3.63) is 29.3 Å². The van der Waals surface area contributed by atoms with E-state index in [4.69, 9.17) is 4.74 Å². The normalized spacial score (nSPS) is 19.3. The summed E-state index contributed by atoms with van der Waals surface area (Å²) in [7, 11) is 4.19. The first-order valence-electron chi connectivity index (χ1n) is 7.17. The SMILES string of the molecule is CNCC(C)CN(C)CC1Cc2cc(C)ccc2O1. The Morgan fingerprint density at radius 2 is 2.26 bits per heavy atom. The van der Waals surface area contributed by atoms with E-state index in [9.17, 15) is 0 Å². The number of hydrogen-bond donors (Lipinski definition) is 1. The van der Waals surface area contributed by atoms with Gasteiger partial charge in [-0.3, -0.25) is 0 Å².